The number of carbonyl (C=O) groups excluding carboxylic acids is 1. The topological polar surface area (TPSA) is 77.6 Å². The van der Waals surface area contributed by atoms with Crippen LogP contribution in [0.4, 0.5) is 0 Å². The number of aromatic nitrogens is 5. The largest absolute Gasteiger partial charge is 0.353 e. The van der Waals surface area contributed by atoms with Crippen LogP contribution in [0.25, 0.3) is 0 Å². The molecule has 0 unspecified atom stereocenters. The van der Waals surface area contributed by atoms with E-state index in [1.165, 1.54) is 11.0 Å². The van der Waals surface area contributed by atoms with Crippen LogP contribution in [-0.2, 0) is 18.4 Å². The van der Waals surface area contributed by atoms with Crippen LogP contribution in [0, 0.1) is 0 Å². The van der Waals surface area contributed by atoms with E-state index >= 15 is 0 Å². The van der Waals surface area contributed by atoms with E-state index in [9.17, 15) is 4.79 Å². The van der Waals surface area contributed by atoms with Gasteiger partial charge in [-0.05, 0) is 28.1 Å². The molecule has 1 N–H and O–H groups in total. The highest BCUT2D eigenvalue weighted by molar-refractivity contribution is 5.83. The second-order valence-corrected chi connectivity index (χ2v) is 4.93. The molecular weight excluding hydrogens is 280 g/mol. The standard InChI is InChI=1S/C15H16N6O/c1-20-9-5-8-13(20)10-16-15(22)14(21-11-17-18-19-21)12-6-3-2-4-7-12/h2-9,11,14H,10H2,1H3,(H,16,22)/t14-/m0/s1. The molecule has 0 saturated carbocycles. The van der Waals surface area contributed by atoms with Gasteiger partial charge in [-0.15, -0.1) is 5.10 Å². The molecule has 0 aliphatic carbocycles. The Labute approximate surface area is 127 Å². The third-order valence-electron chi connectivity index (χ3n) is 3.49. The number of hydrogen-bond donors (Lipinski definition) is 1. The summed E-state index contributed by atoms with van der Waals surface area (Å²) in [6.45, 7) is 0.452. The Morgan fingerprint density at radius 2 is 2.05 bits per heavy atom. The zero-order chi connectivity index (χ0) is 15.4. The molecule has 0 spiro atoms. The molecule has 0 saturated heterocycles. The molecule has 112 valence electrons. The fourth-order valence-corrected chi connectivity index (χ4v) is 2.30. The van der Waals surface area contributed by atoms with Crippen molar-refractivity contribution in [1.29, 1.82) is 0 Å². The van der Waals surface area contributed by atoms with Gasteiger partial charge in [0.2, 0.25) is 5.91 Å². The van der Waals surface area contributed by atoms with Crippen molar-refractivity contribution in [3.05, 3.63) is 66.2 Å². The van der Waals surface area contributed by atoms with Crippen molar-refractivity contribution in [3.63, 3.8) is 0 Å². The third-order valence-corrected chi connectivity index (χ3v) is 3.49. The predicted octanol–water partition coefficient (Wildman–Crippen LogP) is 0.917. The molecule has 22 heavy (non-hydrogen) atoms. The number of tetrazole rings is 1. The van der Waals surface area contributed by atoms with Crippen LogP contribution in [0.3, 0.4) is 0 Å². The van der Waals surface area contributed by atoms with E-state index in [1.54, 1.807) is 0 Å². The van der Waals surface area contributed by atoms with Gasteiger partial charge in [0.15, 0.2) is 6.04 Å². The summed E-state index contributed by atoms with van der Waals surface area (Å²) < 4.78 is 3.42. The minimum absolute atomic E-state index is 0.153. The first-order valence-corrected chi connectivity index (χ1v) is 6.91. The van der Waals surface area contributed by atoms with Gasteiger partial charge in [0.25, 0.3) is 0 Å². The average Bonchev–Trinajstić information content (AvgIpc) is 3.19. The maximum atomic E-state index is 12.6. The minimum Gasteiger partial charge on any atom is -0.353 e. The number of nitrogens with one attached hydrogen (secondary N) is 1. The molecule has 3 aromatic rings. The first-order chi connectivity index (χ1) is 10.8. The quantitative estimate of drug-likeness (QED) is 0.759. The smallest absolute Gasteiger partial charge is 0.249 e. The Bertz CT molecular complexity index is 735. The predicted molar refractivity (Wildman–Crippen MR) is 79.7 cm³/mol. The molecule has 0 aliphatic rings. The first-order valence-electron chi connectivity index (χ1n) is 6.91. The molecular formula is C15H16N6O. The van der Waals surface area contributed by atoms with Crippen molar-refractivity contribution in [2.24, 2.45) is 7.05 Å². The van der Waals surface area contributed by atoms with E-state index in [0.717, 1.165) is 11.3 Å². The molecule has 1 atom stereocenters. The van der Waals surface area contributed by atoms with E-state index in [-0.39, 0.29) is 5.91 Å². The third kappa shape index (κ3) is 2.88. The van der Waals surface area contributed by atoms with Gasteiger partial charge in [-0.25, -0.2) is 4.68 Å². The maximum absolute atomic E-state index is 12.6. The number of nitrogens with zero attached hydrogens (tertiary/aromatic N) is 5. The summed E-state index contributed by atoms with van der Waals surface area (Å²) in [6.07, 6.45) is 3.39. The molecule has 0 fully saturated rings. The van der Waals surface area contributed by atoms with Gasteiger partial charge in [-0.3, -0.25) is 4.79 Å². The fraction of sp³-hybridized carbons (Fsp3) is 0.200. The van der Waals surface area contributed by atoms with E-state index in [0.29, 0.717) is 6.54 Å². The zero-order valence-corrected chi connectivity index (χ0v) is 12.1. The zero-order valence-electron chi connectivity index (χ0n) is 12.1. The number of carbonyl (C=O) groups is 1. The second-order valence-electron chi connectivity index (χ2n) is 4.93. The molecule has 0 aliphatic heterocycles. The number of rotatable bonds is 5. The van der Waals surface area contributed by atoms with Gasteiger partial charge in [0.1, 0.15) is 6.33 Å². The summed E-state index contributed by atoms with van der Waals surface area (Å²) >= 11 is 0. The normalized spacial score (nSPS) is 12.0. The first kappa shape index (κ1) is 14.0. The lowest BCUT2D eigenvalue weighted by Crippen LogP contribution is -2.33. The highest BCUT2D eigenvalue weighted by Gasteiger charge is 2.23. The van der Waals surface area contributed by atoms with Crippen molar-refractivity contribution in [1.82, 2.24) is 30.1 Å². The van der Waals surface area contributed by atoms with Crippen LogP contribution in [0.1, 0.15) is 17.3 Å². The Kier molecular flexibility index (Phi) is 3.95. The van der Waals surface area contributed by atoms with Gasteiger partial charge in [0.05, 0.1) is 6.54 Å². The SMILES string of the molecule is Cn1cccc1CNC(=O)[C@H](c1ccccc1)n1cnnn1. The van der Waals surface area contributed by atoms with Crippen LogP contribution in [-0.4, -0.2) is 30.7 Å². The summed E-state index contributed by atoms with van der Waals surface area (Å²) in [5.74, 6) is -0.153. The lowest BCUT2D eigenvalue weighted by atomic mass is 10.1. The lowest BCUT2D eigenvalue weighted by Gasteiger charge is -2.16. The summed E-state index contributed by atoms with van der Waals surface area (Å²) in [5.41, 5.74) is 1.86. The van der Waals surface area contributed by atoms with Crippen LogP contribution in [0.15, 0.2) is 55.0 Å². The Hall–Kier alpha value is -2.96. The number of hydrogen-bond acceptors (Lipinski definition) is 4. The maximum Gasteiger partial charge on any atom is 0.249 e. The molecule has 3 rings (SSSR count). The van der Waals surface area contributed by atoms with Crippen molar-refractivity contribution in [2.75, 3.05) is 0 Å². The minimum atomic E-state index is -0.587. The highest BCUT2D eigenvalue weighted by Crippen LogP contribution is 2.17. The molecule has 2 heterocycles. The molecule has 7 nitrogen and oxygen atoms in total. The highest BCUT2D eigenvalue weighted by atomic mass is 16.2. The molecule has 2 aromatic heterocycles. The number of benzene rings is 1. The van der Waals surface area contributed by atoms with Gasteiger partial charge in [-0.1, -0.05) is 30.3 Å². The lowest BCUT2D eigenvalue weighted by molar-refractivity contribution is -0.123. The second kappa shape index (κ2) is 6.21. The van der Waals surface area contributed by atoms with Crippen LogP contribution in [0.2, 0.25) is 0 Å². The van der Waals surface area contributed by atoms with E-state index in [4.69, 9.17) is 0 Å². The summed E-state index contributed by atoms with van der Waals surface area (Å²) in [6, 6.07) is 12.8. The molecule has 1 amide bonds. The van der Waals surface area contributed by atoms with Crippen LogP contribution in [0.5, 0.6) is 0 Å². The average molecular weight is 296 g/mol. The van der Waals surface area contributed by atoms with E-state index < -0.39 is 6.04 Å². The van der Waals surface area contributed by atoms with Gasteiger partial charge >= 0.3 is 0 Å². The Balaban J connectivity index is 1.80. The van der Waals surface area contributed by atoms with E-state index in [1.807, 2.05) is 60.3 Å². The van der Waals surface area contributed by atoms with Gasteiger partial charge < -0.3 is 9.88 Å². The summed E-state index contributed by atoms with van der Waals surface area (Å²) in [4.78, 5) is 12.6. The summed E-state index contributed by atoms with van der Waals surface area (Å²) in [7, 11) is 1.94. The fourth-order valence-electron chi connectivity index (χ4n) is 2.30. The van der Waals surface area contributed by atoms with Crippen molar-refractivity contribution in [3.8, 4) is 0 Å². The summed E-state index contributed by atoms with van der Waals surface area (Å²) in [5, 5.41) is 14.0. The number of amides is 1. The molecule has 0 radical (unpaired) electrons. The van der Waals surface area contributed by atoms with Crippen molar-refractivity contribution < 1.29 is 4.79 Å². The Morgan fingerprint density at radius 3 is 2.68 bits per heavy atom. The van der Waals surface area contributed by atoms with E-state index in [2.05, 4.69) is 20.8 Å². The number of aryl methyl sites for hydroxylation is 1. The van der Waals surface area contributed by atoms with Gasteiger partial charge in [-0.2, -0.15) is 0 Å². The Morgan fingerprint density at radius 1 is 1.23 bits per heavy atom. The van der Waals surface area contributed by atoms with Crippen molar-refractivity contribution >= 4 is 5.91 Å². The van der Waals surface area contributed by atoms with Crippen molar-refractivity contribution in [2.45, 2.75) is 12.6 Å². The van der Waals surface area contributed by atoms with Gasteiger partial charge in [0, 0.05) is 18.9 Å². The molecule has 0 bridgehead atoms. The van der Waals surface area contributed by atoms with Crippen LogP contribution >= 0.6 is 0 Å². The monoisotopic (exact) mass is 296 g/mol. The molecule has 7 heteroatoms. The molecule has 1 aromatic carbocycles. The van der Waals surface area contributed by atoms with Crippen LogP contribution < -0.4 is 5.32 Å².